The van der Waals surface area contributed by atoms with Gasteiger partial charge in [-0.3, -0.25) is 4.79 Å². The molecule has 0 atom stereocenters. The predicted molar refractivity (Wildman–Crippen MR) is 74.1 cm³/mol. The molecule has 0 unspecified atom stereocenters. The molecule has 98 valence electrons. The van der Waals surface area contributed by atoms with E-state index < -0.39 is 5.97 Å². The summed E-state index contributed by atoms with van der Waals surface area (Å²) in [7, 11) is 1.60. The monoisotopic (exact) mass is 257 g/mol. The van der Waals surface area contributed by atoms with Crippen LogP contribution in [0.1, 0.15) is 0 Å². The summed E-state index contributed by atoms with van der Waals surface area (Å²) < 4.78 is 5.10. The van der Waals surface area contributed by atoms with Crippen molar-refractivity contribution in [2.75, 3.05) is 18.6 Å². The Morgan fingerprint density at radius 2 is 1.63 bits per heavy atom. The zero-order chi connectivity index (χ0) is 13.7. The summed E-state index contributed by atoms with van der Waals surface area (Å²) in [4.78, 5) is 12.8. The second-order valence-corrected chi connectivity index (χ2v) is 4.01. The van der Waals surface area contributed by atoms with Crippen molar-refractivity contribution in [3.63, 3.8) is 0 Å². The van der Waals surface area contributed by atoms with Crippen LogP contribution in [-0.4, -0.2) is 24.7 Å². The van der Waals surface area contributed by atoms with E-state index in [2.05, 4.69) is 0 Å². The number of para-hydroxylation sites is 1. The zero-order valence-corrected chi connectivity index (χ0v) is 10.6. The number of carbonyl (C=O) groups is 1. The van der Waals surface area contributed by atoms with Gasteiger partial charge in [-0.05, 0) is 36.4 Å². The third-order valence-corrected chi connectivity index (χ3v) is 2.75. The van der Waals surface area contributed by atoms with E-state index in [0.29, 0.717) is 0 Å². The molecule has 0 amide bonds. The Kier molecular flexibility index (Phi) is 4.03. The number of rotatable bonds is 5. The average molecular weight is 257 g/mol. The lowest BCUT2D eigenvalue weighted by Crippen LogP contribution is -2.24. The summed E-state index contributed by atoms with van der Waals surface area (Å²) in [5.41, 5.74) is 1.66. The standard InChI is InChI=1S/C15H15NO3/c1-19-14-9-7-13(8-10-14)16(11-15(17)18)12-5-3-2-4-6-12/h2-10H,11H2,1H3,(H,17,18). The first-order valence-corrected chi connectivity index (χ1v) is 5.89. The van der Waals surface area contributed by atoms with Crippen molar-refractivity contribution in [2.24, 2.45) is 0 Å². The summed E-state index contributed by atoms with van der Waals surface area (Å²) in [6, 6.07) is 16.7. The van der Waals surface area contributed by atoms with Crippen LogP contribution in [-0.2, 0) is 4.79 Å². The topological polar surface area (TPSA) is 49.8 Å². The second kappa shape index (κ2) is 5.91. The molecule has 2 aromatic carbocycles. The molecule has 2 aromatic rings. The maximum absolute atomic E-state index is 11.0. The van der Waals surface area contributed by atoms with Crippen molar-refractivity contribution in [2.45, 2.75) is 0 Å². The minimum absolute atomic E-state index is 0.0870. The summed E-state index contributed by atoms with van der Waals surface area (Å²) >= 11 is 0. The summed E-state index contributed by atoms with van der Waals surface area (Å²) in [5.74, 6) is -0.133. The Morgan fingerprint density at radius 3 is 2.16 bits per heavy atom. The largest absolute Gasteiger partial charge is 0.497 e. The fourth-order valence-electron chi connectivity index (χ4n) is 1.84. The molecule has 0 fully saturated rings. The van der Waals surface area contributed by atoms with Gasteiger partial charge in [0.25, 0.3) is 0 Å². The molecule has 0 radical (unpaired) electrons. The van der Waals surface area contributed by atoms with Gasteiger partial charge >= 0.3 is 5.97 Å². The van der Waals surface area contributed by atoms with Gasteiger partial charge in [-0.2, -0.15) is 0 Å². The van der Waals surface area contributed by atoms with E-state index in [0.717, 1.165) is 17.1 Å². The van der Waals surface area contributed by atoms with E-state index >= 15 is 0 Å². The van der Waals surface area contributed by atoms with Crippen LogP contribution in [0.25, 0.3) is 0 Å². The highest BCUT2D eigenvalue weighted by Gasteiger charge is 2.12. The number of ether oxygens (including phenoxy) is 1. The Hall–Kier alpha value is -2.49. The highest BCUT2D eigenvalue weighted by Crippen LogP contribution is 2.26. The van der Waals surface area contributed by atoms with Crippen LogP contribution in [0.4, 0.5) is 11.4 Å². The maximum atomic E-state index is 11.0. The van der Waals surface area contributed by atoms with Gasteiger partial charge in [0, 0.05) is 11.4 Å². The number of hydrogen-bond acceptors (Lipinski definition) is 3. The third-order valence-electron chi connectivity index (χ3n) is 2.75. The van der Waals surface area contributed by atoms with Crippen molar-refractivity contribution >= 4 is 17.3 Å². The van der Waals surface area contributed by atoms with Gasteiger partial charge < -0.3 is 14.7 Å². The van der Waals surface area contributed by atoms with Crippen LogP contribution >= 0.6 is 0 Å². The SMILES string of the molecule is COc1ccc(N(CC(=O)O)c2ccccc2)cc1. The minimum atomic E-state index is -0.875. The fourth-order valence-corrected chi connectivity index (χ4v) is 1.84. The van der Waals surface area contributed by atoms with Crippen LogP contribution in [0.2, 0.25) is 0 Å². The van der Waals surface area contributed by atoms with Gasteiger partial charge in [-0.25, -0.2) is 0 Å². The lowest BCUT2D eigenvalue weighted by molar-refractivity contribution is -0.135. The molecule has 0 bridgehead atoms. The predicted octanol–water partition coefficient (Wildman–Crippen LogP) is 2.92. The van der Waals surface area contributed by atoms with Crippen LogP contribution in [0.15, 0.2) is 54.6 Å². The maximum Gasteiger partial charge on any atom is 0.323 e. The van der Waals surface area contributed by atoms with E-state index in [9.17, 15) is 4.79 Å². The number of hydrogen-bond donors (Lipinski definition) is 1. The van der Waals surface area contributed by atoms with Gasteiger partial charge in [0.15, 0.2) is 0 Å². The highest BCUT2D eigenvalue weighted by atomic mass is 16.5. The molecule has 0 spiro atoms. The molecule has 0 heterocycles. The van der Waals surface area contributed by atoms with Gasteiger partial charge in [0.2, 0.25) is 0 Å². The molecule has 2 rings (SSSR count). The van der Waals surface area contributed by atoms with Gasteiger partial charge in [0.05, 0.1) is 7.11 Å². The Morgan fingerprint density at radius 1 is 1.05 bits per heavy atom. The molecule has 4 heteroatoms. The number of nitrogens with zero attached hydrogens (tertiary/aromatic N) is 1. The summed E-state index contributed by atoms with van der Waals surface area (Å²) in [5, 5.41) is 9.04. The number of methoxy groups -OCH3 is 1. The number of aliphatic carboxylic acids is 1. The lowest BCUT2D eigenvalue weighted by atomic mass is 10.2. The second-order valence-electron chi connectivity index (χ2n) is 4.01. The van der Waals surface area contributed by atoms with Gasteiger partial charge in [0.1, 0.15) is 12.3 Å². The lowest BCUT2D eigenvalue weighted by Gasteiger charge is -2.23. The molecule has 0 aliphatic heterocycles. The number of anilines is 2. The van der Waals surface area contributed by atoms with Crippen molar-refractivity contribution in [1.82, 2.24) is 0 Å². The molecule has 1 N–H and O–H groups in total. The third kappa shape index (κ3) is 3.25. The first kappa shape index (κ1) is 13.0. The van der Waals surface area contributed by atoms with Gasteiger partial charge in [-0.15, -0.1) is 0 Å². The van der Waals surface area contributed by atoms with Crippen LogP contribution in [0.5, 0.6) is 5.75 Å². The van der Waals surface area contributed by atoms with E-state index in [1.54, 1.807) is 12.0 Å². The average Bonchev–Trinajstić information content (AvgIpc) is 2.46. The van der Waals surface area contributed by atoms with Crippen molar-refractivity contribution in [3.05, 3.63) is 54.6 Å². The molecular weight excluding hydrogens is 242 g/mol. The van der Waals surface area contributed by atoms with E-state index in [1.165, 1.54) is 0 Å². The van der Waals surface area contributed by atoms with Crippen LogP contribution < -0.4 is 9.64 Å². The van der Waals surface area contributed by atoms with Crippen LogP contribution in [0, 0.1) is 0 Å². The van der Waals surface area contributed by atoms with Crippen molar-refractivity contribution < 1.29 is 14.6 Å². The van der Waals surface area contributed by atoms with E-state index in [4.69, 9.17) is 9.84 Å². The van der Waals surface area contributed by atoms with Crippen molar-refractivity contribution in [3.8, 4) is 5.75 Å². The molecule has 0 aromatic heterocycles. The molecule has 0 aliphatic rings. The number of carboxylic acid groups (broad SMARTS) is 1. The first-order chi connectivity index (χ1) is 9.20. The fraction of sp³-hybridized carbons (Fsp3) is 0.133. The van der Waals surface area contributed by atoms with Gasteiger partial charge in [-0.1, -0.05) is 18.2 Å². The van der Waals surface area contributed by atoms with E-state index in [-0.39, 0.29) is 6.54 Å². The molecule has 4 nitrogen and oxygen atoms in total. The Bertz CT molecular complexity index is 537. The minimum Gasteiger partial charge on any atom is -0.497 e. The molecular formula is C15H15NO3. The summed E-state index contributed by atoms with van der Waals surface area (Å²) in [6.45, 7) is -0.0870. The molecule has 0 saturated carbocycles. The van der Waals surface area contributed by atoms with E-state index in [1.807, 2.05) is 54.6 Å². The normalized spacial score (nSPS) is 9.95. The van der Waals surface area contributed by atoms with Crippen molar-refractivity contribution in [1.29, 1.82) is 0 Å². The molecule has 0 aliphatic carbocycles. The summed E-state index contributed by atoms with van der Waals surface area (Å²) in [6.07, 6.45) is 0. The quantitative estimate of drug-likeness (QED) is 0.894. The molecule has 19 heavy (non-hydrogen) atoms. The number of carboxylic acids is 1. The smallest absolute Gasteiger partial charge is 0.323 e. The highest BCUT2D eigenvalue weighted by molar-refractivity contribution is 5.78. The molecule has 0 saturated heterocycles. The zero-order valence-electron chi connectivity index (χ0n) is 10.6. The van der Waals surface area contributed by atoms with Crippen LogP contribution in [0.3, 0.4) is 0 Å². The Balaban J connectivity index is 2.34. The number of benzene rings is 2. The Labute approximate surface area is 111 Å². The first-order valence-electron chi connectivity index (χ1n) is 5.89.